The molecule has 0 N–H and O–H groups in total. The van der Waals surface area contributed by atoms with E-state index in [1.54, 1.807) is 0 Å². The third-order valence-corrected chi connectivity index (χ3v) is 3.87. The van der Waals surface area contributed by atoms with Crippen LogP contribution >= 0.6 is 12.9 Å². The van der Waals surface area contributed by atoms with Crippen molar-refractivity contribution >= 4 is 31.1 Å². The lowest BCUT2D eigenvalue weighted by Gasteiger charge is -2.01. The molecule has 1 aromatic carbocycles. The SMILES string of the molecule is CCCc1cccc([CH2][Mg][Br])c1. The van der Waals surface area contributed by atoms with Gasteiger partial charge >= 0.3 is 18.2 Å². The van der Waals surface area contributed by atoms with Crippen molar-refractivity contribution in [2.75, 3.05) is 0 Å². The Labute approximate surface area is 90.3 Å². The molecule has 1 rings (SSSR count). The summed E-state index contributed by atoms with van der Waals surface area (Å²) in [6.07, 6.45) is 2.47. The molecule has 0 spiro atoms. The van der Waals surface area contributed by atoms with Crippen LogP contribution in [0.15, 0.2) is 24.3 Å². The third kappa shape index (κ3) is 3.46. The Bertz CT molecular complexity index is 214. The van der Waals surface area contributed by atoms with Crippen molar-refractivity contribution in [1.29, 1.82) is 0 Å². The molecule has 0 saturated carbocycles. The summed E-state index contributed by atoms with van der Waals surface area (Å²) in [5.74, 6) is 0. The van der Waals surface area contributed by atoms with E-state index in [1.807, 2.05) is 0 Å². The van der Waals surface area contributed by atoms with Gasteiger partial charge in [0.1, 0.15) is 0 Å². The van der Waals surface area contributed by atoms with Crippen LogP contribution in [0, 0.1) is 0 Å². The van der Waals surface area contributed by atoms with Gasteiger partial charge in [-0.05, 0) is 12.0 Å². The molecule has 0 fully saturated rings. The van der Waals surface area contributed by atoms with Crippen LogP contribution in [0.1, 0.15) is 24.5 Å². The molecule has 0 unspecified atom stereocenters. The topological polar surface area (TPSA) is 0 Å². The van der Waals surface area contributed by atoms with Gasteiger partial charge in [-0.1, -0.05) is 43.2 Å². The maximum absolute atomic E-state index is 3.59. The minimum absolute atomic E-state index is 0.00172. The summed E-state index contributed by atoms with van der Waals surface area (Å²) in [7, 11) is 0. The maximum Gasteiger partial charge on any atom is 0.473 e. The molecule has 0 aliphatic heterocycles. The Morgan fingerprint density at radius 2 is 2.08 bits per heavy atom. The van der Waals surface area contributed by atoms with E-state index in [2.05, 4.69) is 44.1 Å². The Morgan fingerprint density at radius 1 is 1.33 bits per heavy atom. The summed E-state index contributed by atoms with van der Waals surface area (Å²) in [6.45, 7) is 2.23. The van der Waals surface area contributed by atoms with Crippen LogP contribution < -0.4 is 0 Å². The van der Waals surface area contributed by atoms with Crippen molar-refractivity contribution in [2.45, 2.75) is 24.3 Å². The van der Waals surface area contributed by atoms with Crippen LogP contribution in [0.2, 0.25) is 0 Å². The van der Waals surface area contributed by atoms with Gasteiger partial charge in [-0.15, -0.1) is 4.55 Å². The highest BCUT2D eigenvalue weighted by Gasteiger charge is 1.96. The van der Waals surface area contributed by atoms with Crippen molar-refractivity contribution < 1.29 is 0 Å². The molecule has 2 heteroatoms. The average Bonchev–Trinajstić information content (AvgIpc) is 2.06. The summed E-state index contributed by atoms with van der Waals surface area (Å²) in [4.78, 5) is 0. The van der Waals surface area contributed by atoms with Crippen molar-refractivity contribution in [3.05, 3.63) is 35.4 Å². The number of hydrogen-bond donors (Lipinski definition) is 0. The van der Waals surface area contributed by atoms with Gasteiger partial charge in [0.15, 0.2) is 0 Å². The minimum atomic E-state index is -0.00172. The van der Waals surface area contributed by atoms with Crippen LogP contribution in [0.5, 0.6) is 0 Å². The second kappa shape index (κ2) is 6.00. The van der Waals surface area contributed by atoms with Crippen LogP contribution in [-0.2, 0) is 11.0 Å². The van der Waals surface area contributed by atoms with E-state index in [4.69, 9.17) is 0 Å². The molecule has 0 aliphatic carbocycles. The van der Waals surface area contributed by atoms with E-state index in [9.17, 15) is 0 Å². The minimum Gasteiger partial charge on any atom is -0.306 e. The molecule has 0 saturated heterocycles. The van der Waals surface area contributed by atoms with Gasteiger partial charge in [0, 0.05) is 0 Å². The monoisotopic (exact) mass is 236 g/mol. The van der Waals surface area contributed by atoms with Crippen LogP contribution in [-0.4, -0.2) is 18.2 Å². The second-order valence-corrected chi connectivity index (χ2v) is 6.27. The molecule has 0 aliphatic rings. The Kier molecular flexibility index (Phi) is 5.27. The first-order valence-electron chi connectivity index (χ1n) is 4.50. The highest BCUT2D eigenvalue weighted by molar-refractivity contribution is 9.23. The quantitative estimate of drug-likeness (QED) is 0.706. The third-order valence-electron chi connectivity index (χ3n) is 1.91. The van der Waals surface area contributed by atoms with Crippen LogP contribution in [0.25, 0.3) is 0 Å². The summed E-state index contributed by atoms with van der Waals surface area (Å²) in [6, 6.07) is 8.98. The molecule has 1 aromatic rings. The largest absolute Gasteiger partial charge is 0.473 e. The van der Waals surface area contributed by atoms with E-state index in [1.165, 1.54) is 28.5 Å². The zero-order chi connectivity index (χ0) is 8.81. The number of benzene rings is 1. The molecule has 0 heterocycles. The van der Waals surface area contributed by atoms with E-state index in [0.29, 0.717) is 0 Å². The molecule has 0 radical (unpaired) electrons. The first kappa shape index (κ1) is 10.5. The van der Waals surface area contributed by atoms with Gasteiger partial charge in [-0.25, -0.2) is 0 Å². The fraction of sp³-hybridized carbons (Fsp3) is 0.400. The zero-order valence-corrected chi connectivity index (χ0v) is 10.5. The van der Waals surface area contributed by atoms with Gasteiger partial charge in [0.05, 0.1) is 0 Å². The Balaban J connectivity index is 2.67. The van der Waals surface area contributed by atoms with Crippen LogP contribution in [0.4, 0.5) is 0 Å². The van der Waals surface area contributed by atoms with Gasteiger partial charge in [0.2, 0.25) is 0 Å². The number of halogens is 1. The van der Waals surface area contributed by atoms with E-state index >= 15 is 0 Å². The van der Waals surface area contributed by atoms with Crippen LogP contribution in [0.3, 0.4) is 0 Å². The van der Waals surface area contributed by atoms with Gasteiger partial charge in [-0.2, -0.15) is 0 Å². The molecule has 12 heavy (non-hydrogen) atoms. The maximum atomic E-state index is 3.59. The first-order valence-corrected chi connectivity index (χ1v) is 9.40. The molecule has 0 aromatic heterocycles. The summed E-state index contributed by atoms with van der Waals surface area (Å²) < 4.78 is 1.28. The molecule has 0 atom stereocenters. The lowest BCUT2D eigenvalue weighted by atomic mass is 10.1. The molecule has 0 nitrogen and oxygen atoms in total. The summed E-state index contributed by atoms with van der Waals surface area (Å²) >= 11 is 3.59. The highest BCUT2D eigenvalue weighted by Crippen LogP contribution is 2.08. The van der Waals surface area contributed by atoms with Gasteiger partial charge in [0.25, 0.3) is 0 Å². The Morgan fingerprint density at radius 3 is 2.75 bits per heavy atom. The van der Waals surface area contributed by atoms with Crippen molar-refractivity contribution in [3.8, 4) is 0 Å². The second-order valence-electron chi connectivity index (χ2n) is 3.01. The van der Waals surface area contributed by atoms with Crippen molar-refractivity contribution in [1.82, 2.24) is 0 Å². The predicted octanol–water partition coefficient (Wildman–Crippen LogP) is 3.15. The molecule has 0 bridgehead atoms. The summed E-state index contributed by atoms with van der Waals surface area (Å²) in [5, 5.41) is 0. The van der Waals surface area contributed by atoms with Crippen molar-refractivity contribution in [3.63, 3.8) is 0 Å². The molecular weight excluding hydrogens is 224 g/mol. The van der Waals surface area contributed by atoms with E-state index < -0.39 is 0 Å². The fourth-order valence-electron chi connectivity index (χ4n) is 1.34. The lowest BCUT2D eigenvalue weighted by molar-refractivity contribution is 0.920. The number of hydrogen-bond acceptors (Lipinski definition) is 0. The predicted molar refractivity (Wildman–Crippen MR) is 58.8 cm³/mol. The Hall–Kier alpha value is 0.466. The van der Waals surface area contributed by atoms with Crippen molar-refractivity contribution in [2.24, 2.45) is 0 Å². The number of rotatable bonds is 4. The lowest BCUT2D eigenvalue weighted by Crippen LogP contribution is -1.90. The smallest absolute Gasteiger partial charge is 0.306 e. The van der Waals surface area contributed by atoms with E-state index in [-0.39, 0.29) is 18.2 Å². The summed E-state index contributed by atoms with van der Waals surface area (Å²) in [5.41, 5.74) is 2.99. The van der Waals surface area contributed by atoms with Gasteiger partial charge in [-0.3, -0.25) is 0 Å². The molecule has 62 valence electrons. The zero-order valence-electron chi connectivity index (χ0n) is 7.52. The fourth-order valence-corrected chi connectivity index (χ4v) is 3.24. The molecular formula is C10H13BrMg. The standard InChI is InChI=1S/C10H13.BrH.Mg/c1-3-5-10-7-4-6-9(2)8-10;;/h4,6-8H,2-3,5H2,1H3;1H;/q;;+1/p-1. The number of aryl methyl sites for hydroxylation is 1. The highest BCUT2D eigenvalue weighted by atomic mass is 79.9. The first-order chi connectivity index (χ1) is 5.86. The normalized spacial score (nSPS) is 9.50. The van der Waals surface area contributed by atoms with E-state index in [0.717, 1.165) is 0 Å². The van der Waals surface area contributed by atoms with Gasteiger partial charge < -0.3 is 12.9 Å². The average molecular weight is 237 g/mol. The molecule has 0 amide bonds.